The van der Waals surface area contributed by atoms with Crippen LogP contribution in [0.1, 0.15) is 30.6 Å². The average molecular weight is 279 g/mol. The van der Waals surface area contributed by atoms with Gasteiger partial charge in [0, 0.05) is 12.7 Å². The predicted octanol–water partition coefficient (Wildman–Crippen LogP) is 3.26. The third kappa shape index (κ3) is 4.88. The Labute approximate surface area is 109 Å². The van der Waals surface area contributed by atoms with Gasteiger partial charge in [0.1, 0.15) is 10.8 Å². The summed E-state index contributed by atoms with van der Waals surface area (Å²) in [6, 6.07) is 1.39. The number of aromatic nitrogens is 1. The second kappa shape index (κ2) is 5.65. The van der Waals surface area contributed by atoms with Gasteiger partial charge < -0.3 is 5.32 Å². The van der Waals surface area contributed by atoms with Crippen LogP contribution in [0.4, 0.5) is 4.39 Å². The fourth-order valence-electron chi connectivity index (χ4n) is 1.14. The van der Waals surface area contributed by atoms with Crippen LogP contribution in [0.15, 0.2) is 12.3 Å². The quantitative estimate of drug-likeness (QED) is 0.859. The molecule has 0 fully saturated rings. The Morgan fingerprint density at radius 2 is 2.18 bits per heavy atom. The van der Waals surface area contributed by atoms with Crippen molar-refractivity contribution < 1.29 is 9.18 Å². The van der Waals surface area contributed by atoms with Crippen LogP contribution in [-0.2, 0) is 0 Å². The monoisotopic (exact) mass is 278 g/mol. The molecule has 1 N–H and O–H groups in total. The molecule has 94 valence electrons. The number of carbonyl (C=O) groups excluding carboxylic acids is 1. The Kier molecular flexibility index (Phi) is 4.71. The van der Waals surface area contributed by atoms with E-state index >= 15 is 0 Å². The number of carbonyl (C=O) groups is 1. The summed E-state index contributed by atoms with van der Waals surface area (Å²) in [5, 5.41) is 3.01. The van der Waals surface area contributed by atoms with Crippen LogP contribution in [0.3, 0.4) is 0 Å². The van der Waals surface area contributed by atoms with Gasteiger partial charge in [0.05, 0.1) is 10.6 Å². The smallest absolute Gasteiger partial charge is 0.254 e. The van der Waals surface area contributed by atoms with Crippen LogP contribution in [0.2, 0.25) is 10.2 Å². The fraction of sp³-hybridized carbons (Fsp3) is 0.455. The molecule has 0 saturated heterocycles. The van der Waals surface area contributed by atoms with Crippen molar-refractivity contribution in [2.24, 2.45) is 0 Å². The van der Waals surface area contributed by atoms with E-state index < -0.39 is 5.67 Å². The molecule has 1 aromatic heterocycles. The molecular weight excluding hydrogens is 266 g/mol. The minimum Gasteiger partial charge on any atom is -0.352 e. The second-order valence-corrected chi connectivity index (χ2v) is 5.01. The molecule has 0 aliphatic heterocycles. The van der Waals surface area contributed by atoms with Crippen molar-refractivity contribution in [1.82, 2.24) is 10.3 Å². The molecule has 0 aliphatic rings. The van der Waals surface area contributed by atoms with Gasteiger partial charge in [0.15, 0.2) is 0 Å². The predicted molar refractivity (Wildman–Crippen MR) is 66.4 cm³/mol. The number of alkyl halides is 1. The maximum atomic E-state index is 13.2. The molecule has 0 aliphatic carbocycles. The summed E-state index contributed by atoms with van der Waals surface area (Å²) in [6.07, 6.45) is 1.53. The highest BCUT2D eigenvalue weighted by atomic mass is 35.5. The van der Waals surface area contributed by atoms with Gasteiger partial charge in [0.2, 0.25) is 0 Å². The topological polar surface area (TPSA) is 42.0 Å². The van der Waals surface area contributed by atoms with E-state index in [1.807, 2.05) is 0 Å². The van der Waals surface area contributed by atoms with Gasteiger partial charge in [-0.15, -0.1) is 0 Å². The summed E-state index contributed by atoms with van der Waals surface area (Å²) in [4.78, 5) is 15.4. The van der Waals surface area contributed by atoms with Crippen molar-refractivity contribution in [2.45, 2.75) is 25.9 Å². The zero-order valence-corrected chi connectivity index (χ0v) is 11.1. The van der Waals surface area contributed by atoms with Crippen molar-refractivity contribution in [3.05, 3.63) is 28.0 Å². The molecule has 17 heavy (non-hydrogen) atoms. The van der Waals surface area contributed by atoms with Gasteiger partial charge in [-0.1, -0.05) is 23.2 Å². The van der Waals surface area contributed by atoms with E-state index in [1.54, 1.807) is 0 Å². The van der Waals surface area contributed by atoms with E-state index in [4.69, 9.17) is 23.2 Å². The molecule has 0 unspecified atom stereocenters. The van der Waals surface area contributed by atoms with Crippen molar-refractivity contribution >= 4 is 29.1 Å². The number of halogens is 3. The first kappa shape index (κ1) is 14.2. The first-order valence-corrected chi connectivity index (χ1v) is 5.83. The molecule has 0 saturated carbocycles. The van der Waals surface area contributed by atoms with Gasteiger partial charge in [-0.25, -0.2) is 9.37 Å². The molecule has 1 heterocycles. The first-order chi connectivity index (χ1) is 7.79. The van der Waals surface area contributed by atoms with E-state index in [9.17, 15) is 9.18 Å². The zero-order chi connectivity index (χ0) is 13.1. The lowest BCUT2D eigenvalue weighted by atomic mass is 10.1. The highest BCUT2D eigenvalue weighted by molar-refractivity contribution is 6.36. The molecule has 1 rings (SSSR count). The Morgan fingerprint density at radius 3 is 2.71 bits per heavy atom. The van der Waals surface area contributed by atoms with Gasteiger partial charge in [-0.2, -0.15) is 0 Å². The lowest BCUT2D eigenvalue weighted by Crippen LogP contribution is -2.29. The Morgan fingerprint density at radius 1 is 1.53 bits per heavy atom. The first-order valence-electron chi connectivity index (χ1n) is 5.08. The Hall–Kier alpha value is -0.870. The maximum Gasteiger partial charge on any atom is 0.254 e. The van der Waals surface area contributed by atoms with Crippen LogP contribution < -0.4 is 5.32 Å². The normalized spacial score (nSPS) is 11.4. The minimum atomic E-state index is -1.31. The Balaban J connectivity index is 2.59. The summed E-state index contributed by atoms with van der Waals surface area (Å²) < 4.78 is 13.2. The average Bonchev–Trinajstić information content (AvgIpc) is 2.15. The number of amides is 1. The van der Waals surface area contributed by atoms with E-state index in [-0.39, 0.29) is 34.6 Å². The van der Waals surface area contributed by atoms with Gasteiger partial charge >= 0.3 is 0 Å². The standard InChI is InChI=1S/C11H13Cl2FN2O/c1-11(2,14)3-4-15-10(17)7-6-16-9(13)5-8(7)12/h5-6H,3-4H2,1-2H3,(H,15,17). The van der Waals surface area contributed by atoms with Crippen molar-refractivity contribution in [3.63, 3.8) is 0 Å². The van der Waals surface area contributed by atoms with Gasteiger partial charge in [-0.05, 0) is 26.3 Å². The minimum absolute atomic E-state index is 0.219. The zero-order valence-electron chi connectivity index (χ0n) is 9.56. The number of nitrogens with one attached hydrogen (secondary N) is 1. The van der Waals surface area contributed by atoms with E-state index in [2.05, 4.69) is 10.3 Å². The maximum absolute atomic E-state index is 13.2. The van der Waals surface area contributed by atoms with Gasteiger partial charge in [0.25, 0.3) is 5.91 Å². The highest BCUT2D eigenvalue weighted by Crippen LogP contribution is 2.18. The van der Waals surface area contributed by atoms with Crippen LogP contribution in [0.25, 0.3) is 0 Å². The summed E-state index contributed by atoms with van der Waals surface area (Å²) in [5.41, 5.74) is -1.08. The van der Waals surface area contributed by atoms with Crippen LogP contribution >= 0.6 is 23.2 Å². The third-order valence-electron chi connectivity index (χ3n) is 2.07. The lowest BCUT2D eigenvalue weighted by molar-refractivity contribution is 0.0944. The number of hydrogen-bond donors (Lipinski definition) is 1. The molecule has 0 bridgehead atoms. The van der Waals surface area contributed by atoms with Crippen molar-refractivity contribution in [1.29, 1.82) is 0 Å². The van der Waals surface area contributed by atoms with Crippen LogP contribution in [0.5, 0.6) is 0 Å². The summed E-state index contributed by atoms with van der Waals surface area (Å²) in [5.74, 6) is -0.386. The molecule has 0 spiro atoms. The van der Waals surface area contributed by atoms with Crippen molar-refractivity contribution in [3.8, 4) is 0 Å². The number of hydrogen-bond acceptors (Lipinski definition) is 2. The molecule has 0 radical (unpaired) electrons. The van der Waals surface area contributed by atoms with E-state index in [1.165, 1.54) is 26.1 Å². The molecule has 1 aromatic rings. The molecule has 3 nitrogen and oxygen atoms in total. The largest absolute Gasteiger partial charge is 0.352 e. The summed E-state index contributed by atoms with van der Waals surface area (Å²) in [7, 11) is 0. The van der Waals surface area contributed by atoms with Crippen LogP contribution in [-0.4, -0.2) is 23.1 Å². The van der Waals surface area contributed by atoms with E-state index in [0.717, 1.165) is 0 Å². The van der Waals surface area contributed by atoms with Gasteiger partial charge in [-0.3, -0.25) is 4.79 Å². The molecule has 6 heteroatoms. The summed E-state index contributed by atoms with van der Waals surface area (Å²) >= 11 is 11.4. The lowest BCUT2D eigenvalue weighted by Gasteiger charge is -2.14. The number of nitrogens with zero attached hydrogens (tertiary/aromatic N) is 1. The number of pyridine rings is 1. The molecular formula is C11H13Cl2FN2O. The Bertz CT molecular complexity index is 418. The van der Waals surface area contributed by atoms with Crippen LogP contribution in [0, 0.1) is 0 Å². The fourth-order valence-corrected chi connectivity index (χ4v) is 1.59. The van der Waals surface area contributed by atoms with E-state index in [0.29, 0.717) is 0 Å². The molecule has 1 amide bonds. The second-order valence-electron chi connectivity index (χ2n) is 4.21. The SMILES string of the molecule is CC(C)(F)CCNC(=O)c1cnc(Cl)cc1Cl. The third-order valence-corrected chi connectivity index (χ3v) is 2.59. The van der Waals surface area contributed by atoms with Crippen molar-refractivity contribution in [2.75, 3.05) is 6.54 Å². The number of rotatable bonds is 4. The summed E-state index contributed by atoms with van der Waals surface area (Å²) in [6.45, 7) is 3.15. The molecule has 0 aromatic carbocycles. The highest BCUT2D eigenvalue weighted by Gasteiger charge is 2.16. The molecule has 0 atom stereocenters.